The lowest BCUT2D eigenvalue weighted by Crippen LogP contribution is -2.36. The van der Waals surface area contributed by atoms with Crippen molar-refractivity contribution in [2.24, 2.45) is 0 Å². The van der Waals surface area contributed by atoms with Crippen LogP contribution in [0.15, 0.2) is 23.1 Å². The average Bonchev–Trinajstić information content (AvgIpc) is 2.36. The van der Waals surface area contributed by atoms with Crippen LogP contribution in [0.3, 0.4) is 0 Å². The van der Waals surface area contributed by atoms with Crippen molar-refractivity contribution in [2.75, 3.05) is 13.1 Å². The molecule has 0 aromatic heterocycles. The molecular formula is C13H16F3NO4S. The van der Waals surface area contributed by atoms with E-state index in [1.807, 2.05) is 0 Å². The van der Waals surface area contributed by atoms with Gasteiger partial charge in [0.2, 0.25) is 10.0 Å². The fraction of sp³-hybridized carbons (Fsp3) is 0.462. The van der Waals surface area contributed by atoms with E-state index in [2.05, 4.69) is 0 Å². The maximum absolute atomic E-state index is 12.7. The third-order valence-electron chi connectivity index (χ3n) is 2.93. The fourth-order valence-electron chi connectivity index (χ4n) is 1.95. The minimum Gasteiger partial charge on any atom is -0.480 e. The molecule has 22 heavy (non-hydrogen) atoms. The van der Waals surface area contributed by atoms with Crippen LogP contribution in [0, 0.1) is 6.92 Å². The Morgan fingerprint density at radius 1 is 1.32 bits per heavy atom. The molecule has 124 valence electrons. The molecule has 0 saturated heterocycles. The van der Waals surface area contributed by atoms with Gasteiger partial charge in [0.25, 0.3) is 0 Å². The summed E-state index contributed by atoms with van der Waals surface area (Å²) >= 11 is 0. The van der Waals surface area contributed by atoms with E-state index in [1.165, 1.54) is 0 Å². The van der Waals surface area contributed by atoms with Crippen LogP contribution in [0.2, 0.25) is 0 Å². The van der Waals surface area contributed by atoms with Gasteiger partial charge in [0, 0.05) is 6.54 Å². The molecule has 0 saturated carbocycles. The molecule has 0 aliphatic rings. The zero-order valence-corrected chi connectivity index (χ0v) is 12.8. The second-order valence-corrected chi connectivity index (χ2v) is 6.64. The van der Waals surface area contributed by atoms with E-state index in [0.29, 0.717) is 12.5 Å². The van der Waals surface area contributed by atoms with Crippen LogP contribution in [0.25, 0.3) is 0 Å². The van der Waals surface area contributed by atoms with E-state index in [9.17, 15) is 26.4 Å². The number of carboxylic acid groups (broad SMARTS) is 1. The molecule has 1 aromatic rings. The van der Waals surface area contributed by atoms with Gasteiger partial charge in [-0.25, -0.2) is 8.42 Å². The van der Waals surface area contributed by atoms with Gasteiger partial charge in [-0.15, -0.1) is 0 Å². The Labute approximate surface area is 126 Å². The number of hydrogen-bond acceptors (Lipinski definition) is 3. The average molecular weight is 339 g/mol. The number of sulfonamides is 1. The molecule has 1 rings (SSSR count). The molecule has 0 atom stereocenters. The number of alkyl halides is 3. The molecule has 0 amide bonds. The summed E-state index contributed by atoms with van der Waals surface area (Å²) in [5.41, 5.74) is -1.16. The van der Waals surface area contributed by atoms with Crippen LogP contribution in [-0.2, 0) is 21.0 Å². The van der Waals surface area contributed by atoms with Crippen LogP contribution in [0.1, 0.15) is 24.5 Å². The largest absolute Gasteiger partial charge is 0.480 e. The lowest BCUT2D eigenvalue weighted by Gasteiger charge is -2.20. The van der Waals surface area contributed by atoms with Gasteiger partial charge in [-0.1, -0.05) is 6.92 Å². The van der Waals surface area contributed by atoms with Crippen LogP contribution in [0.4, 0.5) is 13.2 Å². The Hall–Kier alpha value is -1.61. The zero-order valence-electron chi connectivity index (χ0n) is 12.0. The Morgan fingerprint density at radius 2 is 1.91 bits per heavy atom. The Morgan fingerprint density at radius 3 is 2.32 bits per heavy atom. The van der Waals surface area contributed by atoms with Gasteiger partial charge < -0.3 is 5.11 Å². The summed E-state index contributed by atoms with van der Waals surface area (Å²) in [5.74, 6) is -1.33. The normalized spacial score (nSPS) is 12.6. The molecule has 0 radical (unpaired) electrons. The van der Waals surface area contributed by atoms with Gasteiger partial charge >= 0.3 is 12.1 Å². The third kappa shape index (κ3) is 4.20. The van der Waals surface area contributed by atoms with Gasteiger partial charge in [-0.2, -0.15) is 17.5 Å². The van der Waals surface area contributed by atoms with E-state index >= 15 is 0 Å². The predicted octanol–water partition coefficient (Wildman–Crippen LogP) is 2.50. The third-order valence-corrected chi connectivity index (χ3v) is 4.77. The number of hydrogen-bond donors (Lipinski definition) is 1. The molecule has 9 heteroatoms. The molecule has 0 bridgehead atoms. The van der Waals surface area contributed by atoms with Crippen molar-refractivity contribution < 1.29 is 31.5 Å². The summed E-state index contributed by atoms with van der Waals surface area (Å²) in [6, 6.07) is 2.44. The number of rotatable bonds is 6. The van der Waals surface area contributed by atoms with Gasteiger partial charge in [0.1, 0.15) is 6.54 Å². The number of halogens is 3. The van der Waals surface area contributed by atoms with Gasteiger partial charge in [0.15, 0.2) is 0 Å². The highest BCUT2D eigenvalue weighted by Crippen LogP contribution is 2.33. The van der Waals surface area contributed by atoms with E-state index in [0.717, 1.165) is 23.4 Å². The number of aliphatic carboxylic acids is 1. The number of aryl methyl sites for hydroxylation is 1. The number of carboxylic acids is 1. The van der Waals surface area contributed by atoms with Gasteiger partial charge in [-0.3, -0.25) is 4.79 Å². The number of carbonyl (C=O) groups is 1. The summed E-state index contributed by atoms with van der Waals surface area (Å²) < 4.78 is 63.5. The summed E-state index contributed by atoms with van der Waals surface area (Å²) in [7, 11) is -4.16. The zero-order chi connectivity index (χ0) is 17.1. The van der Waals surface area contributed by atoms with Gasteiger partial charge in [-0.05, 0) is 37.1 Å². The van der Waals surface area contributed by atoms with Crippen molar-refractivity contribution in [3.05, 3.63) is 29.3 Å². The Balaban J connectivity index is 3.27. The first-order chi connectivity index (χ1) is 10.00. The molecule has 0 heterocycles. The van der Waals surface area contributed by atoms with Crippen molar-refractivity contribution in [3.8, 4) is 0 Å². The van der Waals surface area contributed by atoms with Crippen molar-refractivity contribution >= 4 is 16.0 Å². The number of nitrogens with zero attached hydrogens (tertiary/aromatic N) is 1. The summed E-state index contributed by atoms with van der Waals surface area (Å²) in [6.07, 6.45) is -4.19. The lowest BCUT2D eigenvalue weighted by molar-refractivity contribution is -0.138. The van der Waals surface area contributed by atoms with Crippen molar-refractivity contribution in [2.45, 2.75) is 31.3 Å². The molecule has 0 aliphatic carbocycles. The second-order valence-electron chi connectivity index (χ2n) is 4.71. The van der Waals surface area contributed by atoms with Crippen LogP contribution in [0.5, 0.6) is 0 Å². The quantitative estimate of drug-likeness (QED) is 0.864. The highest BCUT2D eigenvalue weighted by Gasteiger charge is 2.34. The highest BCUT2D eigenvalue weighted by atomic mass is 32.2. The Kier molecular flexibility index (Phi) is 5.58. The molecular weight excluding hydrogens is 323 g/mol. The van der Waals surface area contributed by atoms with Crippen molar-refractivity contribution in [1.29, 1.82) is 0 Å². The summed E-state index contributed by atoms with van der Waals surface area (Å²) in [5, 5.41) is 8.77. The standard InChI is InChI=1S/C13H16F3NO4S/c1-3-6-17(8-12(18)19)22(20,21)10-4-5-11(9(2)7-10)13(14,15)16/h4-5,7H,3,6,8H2,1-2H3,(H,18,19). The molecule has 0 fully saturated rings. The highest BCUT2D eigenvalue weighted by molar-refractivity contribution is 7.89. The molecule has 5 nitrogen and oxygen atoms in total. The van der Waals surface area contributed by atoms with Crippen LogP contribution in [-0.4, -0.2) is 36.9 Å². The maximum atomic E-state index is 12.7. The molecule has 0 spiro atoms. The first kappa shape index (κ1) is 18.4. The van der Waals surface area contributed by atoms with E-state index in [-0.39, 0.29) is 17.0 Å². The van der Waals surface area contributed by atoms with E-state index in [4.69, 9.17) is 5.11 Å². The van der Waals surface area contributed by atoms with Crippen LogP contribution >= 0.6 is 0 Å². The summed E-state index contributed by atoms with van der Waals surface area (Å²) in [6.45, 7) is 2.05. The lowest BCUT2D eigenvalue weighted by atomic mass is 10.1. The van der Waals surface area contributed by atoms with Crippen molar-refractivity contribution in [1.82, 2.24) is 4.31 Å². The SMILES string of the molecule is CCCN(CC(=O)O)S(=O)(=O)c1ccc(C(F)(F)F)c(C)c1. The maximum Gasteiger partial charge on any atom is 0.416 e. The van der Waals surface area contributed by atoms with Gasteiger partial charge in [0.05, 0.1) is 10.5 Å². The monoisotopic (exact) mass is 339 g/mol. The van der Waals surface area contributed by atoms with E-state index in [1.54, 1.807) is 6.92 Å². The minimum atomic E-state index is -4.57. The summed E-state index contributed by atoms with van der Waals surface area (Å²) in [4.78, 5) is 10.4. The molecule has 0 unspecified atom stereocenters. The number of benzene rings is 1. The predicted molar refractivity (Wildman–Crippen MR) is 72.9 cm³/mol. The molecule has 1 N–H and O–H groups in total. The molecule has 1 aromatic carbocycles. The Bertz CT molecular complexity index is 656. The first-order valence-corrected chi connectivity index (χ1v) is 7.84. The second kappa shape index (κ2) is 6.66. The first-order valence-electron chi connectivity index (χ1n) is 6.40. The minimum absolute atomic E-state index is 0.0330. The van der Waals surface area contributed by atoms with E-state index < -0.39 is 34.3 Å². The molecule has 0 aliphatic heterocycles. The smallest absolute Gasteiger partial charge is 0.416 e. The van der Waals surface area contributed by atoms with Crippen LogP contribution < -0.4 is 0 Å². The topological polar surface area (TPSA) is 74.7 Å². The van der Waals surface area contributed by atoms with Crippen molar-refractivity contribution in [3.63, 3.8) is 0 Å². The fourth-order valence-corrected chi connectivity index (χ4v) is 3.52.